The molecule has 1 aromatic carbocycles. The minimum Gasteiger partial charge on any atom is -0.379 e. The summed E-state index contributed by atoms with van der Waals surface area (Å²) in [5.74, 6) is 1.53. The van der Waals surface area contributed by atoms with Crippen LogP contribution in [0, 0.1) is 23.7 Å². The lowest BCUT2D eigenvalue weighted by Gasteiger charge is -2.25. The number of carbonyl (C=O) groups is 2. The number of anilines is 2. The summed E-state index contributed by atoms with van der Waals surface area (Å²) in [6, 6.07) is 8.97. The summed E-state index contributed by atoms with van der Waals surface area (Å²) < 4.78 is 7.24. The number of carbonyl (C=O) groups excluding carboxylic acids is 2. The number of nitrogens with zero attached hydrogens (tertiary/aromatic N) is 3. The van der Waals surface area contributed by atoms with Crippen molar-refractivity contribution in [2.45, 2.75) is 13.5 Å². The van der Waals surface area contributed by atoms with E-state index < -0.39 is 5.91 Å². The Labute approximate surface area is 206 Å². The van der Waals surface area contributed by atoms with E-state index in [-0.39, 0.29) is 41.3 Å². The Balaban J connectivity index is 1.80. The zero-order valence-corrected chi connectivity index (χ0v) is 20.1. The first-order valence-electron chi connectivity index (χ1n) is 11.0. The van der Waals surface area contributed by atoms with E-state index in [1.807, 2.05) is 11.0 Å². The maximum Gasteiger partial charge on any atom is 0.270 e. The second kappa shape index (κ2) is 12.5. The van der Waals surface area contributed by atoms with E-state index in [0.29, 0.717) is 29.1 Å². The zero-order chi connectivity index (χ0) is 25.2. The van der Waals surface area contributed by atoms with Gasteiger partial charge >= 0.3 is 0 Å². The highest BCUT2D eigenvalue weighted by molar-refractivity contribution is 7.07. The first-order chi connectivity index (χ1) is 17.0. The van der Waals surface area contributed by atoms with Gasteiger partial charge in [-0.15, -0.1) is 17.8 Å². The Morgan fingerprint density at radius 3 is 2.71 bits per heavy atom. The minimum absolute atomic E-state index is 0.0222. The molecule has 182 valence electrons. The molecule has 1 aliphatic rings. The average molecular weight is 495 g/mol. The summed E-state index contributed by atoms with van der Waals surface area (Å²) in [7, 11) is 0. The Kier molecular flexibility index (Phi) is 9.21. The number of terminal acetylenes is 1. The van der Waals surface area contributed by atoms with Crippen molar-refractivity contribution in [1.29, 1.82) is 5.26 Å². The minimum atomic E-state index is -0.631. The van der Waals surface area contributed by atoms with Gasteiger partial charge in [0.1, 0.15) is 15.3 Å². The molecule has 11 heteroatoms. The van der Waals surface area contributed by atoms with Crippen LogP contribution in [0.1, 0.15) is 6.92 Å². The maximum atomic E-state index is 12.8. The van der Waals surface area contributed by atoms with Crippen molar-refractivity contribution in [3.8, 4) is 18.4 Å². The Bertz CT molecular complexity index is 1340. The van der Waals surface area contributed by atoms with Crippen LogP contribution in [0.5, 0.6) is 0 Å². The normalized spacial score (nSPS) is 15.0. The maximum absolute atomic E-state index is 12.8. The van der Waals surface area contributed by atoms with E-state index in [0.717, 1.165) is 24.4 Å². The van der Waals surface area contributed by atoms with Gasteiger partial charge in [-0.05, 0) is 25.1 Å². The molecule has 1 saturated heterocycles. The molecule has 2 amide bonds. The standard InChI is InChI=1S/C24H26N6O4S/c1-3-8-26-22(32)19(14-25)24-30(4-2)23(33)20(35-24)15-27-17-6-5-7-18(13-17)28-21(31)16-29-9-11-34-12-10-29/h1,5-7,13,15,27H,4,8-12,16H2,2H3,(H,26,32)(H,28,31)/b20-15+,24-19-. The summed E-state index contributed by atoms with van der Waals surface area (Å²) in [6.45, 7) is 4.99. The van der Waals surface area contributed by atoms with E-state index in [1.54, 1.807) is 31.2 Å². The van der Waals surface area contributed by atoms with Crippen molar-refractivity contribution in [3.05, 3.63) is 43.8 Å². The number of ether oxygens (including phenoxy) is 1. The van der Waals surface area contributed by atoms with Crippen LogP contribution in [0.4, 0.5) is 11.4 Å². The largest absolute Gasteiger partial charge is 0.379 e. The molecular formula is C24H26N6O4S. The first-order valence-corrected chi connectivity index (χ1v) is 11.8. The number of rotatable bonds is 8. The van der Waals surface area contributed by atoms with Gasteiger partial charge in [0.15, 0.2) is 5.57 Å². The molecule has 3 rings (SSSR count). The van der Waals surface area contributed by atoms with Crippen LogP contribution in [-0.2, 0) is 20.9 Å². The molecule has 0 bridgehead atoms. The number of amides is 2. The van der Waals surface area contributed by atoms with Crippen molar-refractivity contribution < 1.29 is 14.3 Å². The van der Waals surface area contributed by atoms with Crippen molar-refractivity contribution in [2.24, 2.45) is 0 Å². The Hall–Kier alpha value is -3.90. The lowest BCUT2D eigenvalue weighted by molar-refractivity contribution is -0.118. The Morgan fingerprint density at radius 2 is 2.03 bits per heavy atom. The summed E-state index contributed by atoms with van der Waals surface area (Å²) in [6.07, 6.45) is 6.68. The second-order valence-corrected chi connectivity index (χ2v) is 8.53. The number of nitriles is 1. The fourth-order valence-corrected chi connectivity index (χ4v) is 4.49. The second-order valence-electron chi connectivity index (χ2n) is 7.50. The molecular weight excluding hydrogens is 468 g/mol. The highest BCUT2D eigenvalue weighted by atomic mass is 32.1. The van der Waals surface area contributed by atoms with Gasteiger partial charge in [0.05, 0.1) is 26.3 Å². The zero-order valence-electron chi connectivity index (χ0n) is 19.3. The van der Waals surface area contributed by atoms with Gasteiger partial charge in [0.2, 0.25) is 5.91 Å². The SMILES string of the molecule is C#CCNC(=O)/C(C#N)=c1\s/c(=C/Nc2cccc(NC(=O)CN3CCOCC3)c2)c(=O)n1CC. The lowest BCUT2D eigenvalue weighted by Crippen LogP contribution is -2.41. The van der Waals surface area contributed by atoms with Crippen LogP contribution >= 0.6 is 11.3 Å². The van der Waals surface area contributed by atoms with Gasteiger partial charge in [0, 0.05) is 37.2 Å². The first kappa shape index (κ1) is 25.7. The molecule has 0 spiro atoms. The number of thiazole rings is 1. The molecule has 2 aromatic rings. The summed E-state index contributed by atoms with van der Waals surface area (Å²) in [5, 5.41) is 17.9. The van der Waals surface area contributed by atoms with Crippen LogP contribution in [0.15, 0.2) is 29.1 Å². The lowest BCUT2D eigenvalue weighted by atomic mass is 10.2. The molecule has 0 aliphatic carbocycles. The number of aromatic nitrogens is 1. The van der Waals surface area contributed by atoms with Crippen molar-refractivity contribution in [2.75, 3.05) is 50.0 Å². The van der Waals surface area contributed by atoms with Gasteiger partial charge in [0.25, 0.3) is 11.5 Å². The summed E-state index contributed by atoms with van der Waals surface area (Å²) in [4.78, 5) is 39.5. The van der Waals surface area contributed by atoms with Gasteiger partial charge < -0.3 is 20.7 Å². The fourth-order valence-electron chi connectivity index (χ4n) is 3.41. The van der Waals surface area contributed by atoms with Gasteiger partial charge in [-0.2, -0.15) is 5.26 Å². The average Bonchev–Trinajstić information content (AvgIpc) is 3.17. The van der Waals surface area contributed by atoms with Crippen LogP contribution in [-0.4, -0.2) is 60.7 Å². The summed E-state index contributed by atoms with van der Waals surface area (Å²) in [5.41, 5.74) is 0.772. The third-order valence-electron chi connectivity index (χ3n) is 5.11. The quantitative estimate of drug-likeness (QED) is 0.421. The van der Waals surface area contributed by atoms with Crippen molar-refractivity contribution in [1.82, 2.24) is 14.8 Å². The third kappa shape index (κ3) is 6.80. The monoisotopic (exact) mass is 494 g/mol. The van der Waals surface area contributed by atoms with Crippen LogP contribution < -0.4 is 30.7 Å². The highest BCUT2D eigenvalue weighted by Crippen LogP contribution is 2.15. The molecule has 0 atom stereocenters. The molecule has 35 heavy (non-hydrogen) atoms. The third-order valence-corrected chi connectivity index (χ3v) is 6.25. The molecule has 0 saturated carbocycles. The summed E-state index contributed by atoms with van der Waals surface area (Å²) >= 11 is 1.03. The smallest absolute Gasteiger partial charge is 0.270 e. The number of benzene rings is 1. The van der Waals surface area contributed by atoms with E-state index in [2.05, 4.69) is 21.9 Å². The van der Waals surface area contributed by atoms with Crippen LogP contribution in [0.3, 0.4) is 0 Å². The van der Waals surface area contributed by atoms with Gasteiger partial charge in [-0.1, -0.05) is 12.0 Å². The molecule has 0 unspecified atom stereocenters. The molecule has 3 N–H and O–H groups in total. The highest BCUT2D eigenvalue weighted by Gasteiger charge is 2.15. The van der Waals surface area contributed by atoms with Crippen LogP contribution in [0.25, 0.3) is 11.8 Å². The molecule has 10 nitrogen and oxygen atoms in total. The molecule has 1 aromatic heterocycles. The van der Waals surface area contributed by atoms with E-state index in [9.17, 15) is 19.6 Å². The predicted molar refractivity (Wildman–Crippen MR) is 135 cm³/mol. The molecule has 1 aliphatic heterocycles. The van der Waals surface area contributed by atoms with Gasteiger partial charge in [-0.25, -0.2) is 0 Å². The number of hydrogen-bond acceptors (Lipinski definition) is 8. The van der Waals surface area contributed by atoms with E-state index in [4.69, 9.17) is 11.2 Å². The number of nitrogens with one attached hydrogen (secondary N) is 3. The van der Waals surface area contributed by atoms with E-state index in [1.165, 1.54) is 10.8 Å². The Morgan fingerprint density at radius 1 is 1.29 bits per heavy atom. The molecule has 1 fully saturated rings. The predicted octanol–water partition coefficient (Wildman–Crippen LogP) is -0.526. The van der Waals surface area contributed by atoms with E-state index >= 15 is 0 Å². The topological polar surface area (TPSA) is 128 Å². The van der Waals surface area contributed by atoms with Crippen LogP contribution in [0.2, 0.25) is 0 Å². The number of hydrogen-bond donors (Lipinski definition) is 3. The molecule has 0 radical (unpaired) electrons. The molecule has 2 heterocycles. The van der Waals surface area contributed by atoms with Gasteiger partial charge in [-0.3, -0.25) is 23.9 Å². The van der Waals surface area contributed by atoms with Crippen molar-refractivity contribution in [3.63, 3.8) is 0 Å². The fraction of sp³-hybridized carbons (Fsp3) is 0.333. The number of morpholine rings is 1. The van der Waals surface area contributed by atoms with Crippen molar-refractivity contribution >= 4 is 46.3 Å².